The maximum absolute atomic E-state index is 10.8. The largest absolute Gasteiger partial charge is 0.476 e. The molecular weight excluding hydrogens is 194 g/mol. The molecule has 5 nitrogen and oxygen atoms in total. The van der Waals surface area contributed by atoms with E-state index in [2.05, 4.69) is 9.72 Å². The van der Waals surface area contributed by atoms with Gasteiger partial charge in [-0.3, -0.25) is 4.79 Å². The molecule has 0 atom stereocenters. The van der Waals surface area contributed by atoms with Gasteiger partial charge in [-0.25, -0.2) is 9.78 Å². The number of rotatable bonds is 3. The fourth-order valence-electron chi connectivity index (χ4n) is 0.706. The highest BCUT2D eigenvalue weighted by Gasteiger charge is 2.11. The van der Waals surface area contributed by atoms with Crippen LogP contribution in [0.3, 0.4) is 0 Å². The van der Waals surface area contributed by atoms with Gasteiger partial charge in [-0.05, 0) is 0 Å². The van der Waals surface area contributed by atoms with Gasteiger partial charge in [-0.15, -0.1) is 11.3 Å². The number of methoxy groups -OCH3 is 1. The molecule has 1 aromatic rings. The minimum atomic E-state index is -1.08. The SMILES string of the molecule is COC(=O)Cc1csc(C(=O)O)n1. The number of aromatic carboxylic acids is 1. The van der Waals surface area contributed by atoms with Crippen LogP contribution in [0.2, 0.25) is 0 Å². The Morgan fingerprint density at radius 1 is 1.69 bits per heavy atom. The van der Waals surface area contributed by atoms with Gasteiger partial charge in [-0.2, -0.15) is 0 Å². The van der Waals surface area contributed by atoms with E-state index >= 15 is 0 Å². The molecular formula is C7H7NO4S. The lowest BCUT2D eigenvalue weighted by atomic mass is 10.3. The Labute approximate surface area is 78.0 Å². The van der Waals surface area contributed by atoms with Gasteiger partial charge in [0.15, 0.2) is 0 Å². The standard InChI is InChI=1S/C7H7NO4S/c1-12-5(9)2-4-3-13-6(8-4)7(10)11/h3H,2H2,1H3,(H,10,11). The van der Waals surface area contributed by atoms with Crippen molar-refractivity contribution < 1.29 is 19.4 Å². The van der Waals surface area contributed by atoms with Crippen LogP contribution in [0.4, 0.5) is 0 Å². The van der Waals surface area contributed by atoms with Crippen molar-refractivity contribution in [2.24, 2.45) is 0 Å². The molecule has 0 aliphatic carbocycles. The lowest BCUT2D eigenvalue weighted by molar-refractivity contribution is -0.139. The molecule has 0 spiro atoms. The van der Waals surface area contributed by atoms with Crippen molar-refractivity contribution in [3.05, 3.63) is 16.1 Å². The Bertz CT molecular complexity index is 333. The summed E-state index contributed by atoms with van der Waals surface area (Å²) >= 11 is 0.992. The van der Waals surface area contributed by atoms with Crippen molar-refractivity contribution in [3.63, 3.8) is 0 Å². The second kappa shape index (κ2) is 3.99. The minimum Gasteiger partial charge on any atom is -0.476 e. The van der Waals surface area contributed by atoms with Crippen molar-refractivity contribution in [1.82, 2.24) is 4.98 Å². The summed E-state index contributed by atoms with van der Waals surface area (Å²) in [5, 5.41) is 10.0. The first-order valence-electron chi connectivity index (χ1n) is 3.38. The van der Waals surface area contributed by atoms with Crippen LogP contribution in [-0.4, -0.2) is 29.1 Å². The zero-order valence-electron chi connectivity index (χ0n) is 6.81. The number of carbonyl (C=O) groups excluding carboxylic acids is 1. The number of nitrogens with zero attached hydrogens (tertiary/aromatic N) is 1. The summed E-state index contributed by atoms with van der Waals surface area (Å²) in [6.45, 7) is 0. The van der Waals surface area contributed by atoms with Gasteiger partial charge in [0.25, 0.3) is 0 Å². The summed E-state index contributed by atoms with van der Waals surface area (Å²) in [4.78, 5) is 24.9. The van der Waals surface area contributed by atoms with E-state index in [0.29, 0.717) is 5.69 Å². The monoisotopic (exact) mass is 201 g/mol. The zero-order valence-corrected chi connectivity index (χ0v) is 7.63. The van der Waals surface area contributed by atoms with E-state index in [0.717, 1.165) is 11.3 Å². The highest BCUT2D eigenvalue weighted by Crippen LogP contribution is 2.10. The van der Waals surface area contributed by atoms with E-state index in [1.807, 2.05) is 0 Å². The van der Waals surface area contributed by atoms with E-state index in [1.165, 1.54) is 12.5 Å². The van der Waals surface area contributed by atoms with E-state index < -0.39 is 11.9 Å². The van der Waals surface area contributed by atoms with Gasteiger partial charge < -0.3 is 9.84 Å². The van der Waals surface area contributed by atoms with Gasteiger partial charge in [0, 0.05) is 5.38 Å². The second-order valence-corrected chi connectivity index (χ2v) is 3.06. The van der Waals surface area contributed by atoms with E-state index in [1.54, 1.807) is 0 Å². The Hall–Kier alpha value is -1.43. The van der Waals surface area contributed by atoms with Crippen molar-refractivity contribution in [3.8, 4) is 0 Å². The minimum absolute atomic E-state index is 0.0142. The van der Waals surface area contributed by atoms with Gasteiger partial charge in [0.05, 0.1) is 19.2 Å². The van der Waals surface area contributed by atoms with Crippen LogP contribution in [0.15, 0.2) is 5.38 Å². The molecule has 0 fully saturated rings. The van der Waals surface area contributed by atoms with Crippen molar-refractivity contribution in [2.45, 2.75) is 6.42 Å². The molecule has 6 heteroatoms. The lowest BCUT2D eigenvalue weighted by Crippen LogP contribution is -2.05. The second-order valence-electron chi connectivity index (χ2n) is 2.20. The van der Waals surface area contributed by atoms with Crippen molar-refractivity contribution in [2.75, 3.05) is 7.11 Å². The molecule has 0 radical (unpaired) electrons. The van der Waals surface area contributed by atoms with E-state index in [9.17, 15) is 9.59 Å². The first-order valence-corrected chi connectivity index (χ1v) is 4.26. The first-order chi connectivity index (χ1) is 6.13. The lowest BCUT2D eigenvalue weighted by Gasteiger charge is -1.93. The summed E-state index contributed by atoms with van der Waals surface area (Å²) in [5.41, 5.74) is 0.425. The van der Waals surface area contributed by atoms with Crippen LogP contribution in [0.5, 0.6) is 0 Å². The molecule has 0 aromatic carbocycles. The molecule has 1 N–H and O–H groups in total. The number of thiazole rings is 1. The van der Waals surface area contributed by atoms with Crippen LogP contribution in [-0.2, 0) is 16.0 Å². The zero-order chi connectivity index (χ0) is 9.84. The predicted octanol–water partition coefficient (Wildman–Crippen LogP) is 0.557. The molecule has 0 aliphatic heterocycles. The summed E-state index contributed by atoms with van der Waals surface area (Å²) in [7, 11) is 1.27. The molecule has 70 valence electrons. The smallest absolute Gasteiger partial charge is 0.365 e. The third kappa shape index (κ3) is 2.51. The maximum Gasteiger partial charge on any atom is 0.365 e. The Balaban J connectivity index is 2.69. The van der Waals surface area contributed by atoms with Gasteiger partial charge in [0.2, 0.25) is 5.01 Å². The summed E-state index contributed by atoms with van der Waals surface area (Å²) in [6.07, 6.45) is 0.0142. The van der Waals surface area contributed by atoms with Gasteiger partial charge >= 0.3 is 11.9 Å². The highest BCUT2D eigenvalue weighted by atomic mass is 32.1. The number of carboxylic acid groups (broad SMARTS) is 1. The molecule has 0 saturated carbocycles. The average Bonchev–Trinajstić information content (AvgIpc) is 2.52. The molecule has 1 heterocycles. The molecule has 0 amide bonds. The number of esters is 1. The molecule has 0 bridgehead atoms. The maximum atomic E-state index is 10.8. The summed E-state index contributed by atoms with van der Waals surface area (Å²) < 4.78 is 4.40. The van der Waals surface area contributed by atoms with Crippen molar-refractivity contribution >= 4 is 23.3 Å². The molecule has 0 unspecified atom stereocenters. The first kappa shape index (κ1) is 9.66. The Kier molecular flexibility index (Phi) is 2.97. The van der Waals surface area contributed by atoms with Gasteiger partial charge in [0.1, 0.15) is 0 Å². The van der Waals surface area contributed by atoms with E-state index in [4.69, 9.17) is 5.11 Å². The molecule has 13 heavy (non-hydrogen) atoms. The number of carbonyl (C=O) groups is 2. The predicted molar refractivity (Wildman–Crippen MR) is 44.8 cm³/mol. The summed E-state index contributed by atoms with van der Waals surface area (Å²) in [6, 6.07) is 0. The van der Waals surface area contributed by atoms with Crippen LogP contribution < -0.4 is 0 Å². The highest BCUT2D eigenvalue weighted by molar-refractivity contribution is 7.11. The molecule has 1 aromatic heterocycles. The quantitative estimate of drug-likeness (QED) is 0.723. The summed E-state index contributed by atoms with van der Waals surface area (Å²) in [5.74, 6) is -1.51. The molecule has 1 rings (SSSR count). The number of hydrogen-bond acceptors (Lipinski definition) is 5. The normalized spacial score (nSPS) is 9.62. The molecule has 0 aliphatic rings. The Morgan fingerprint density at radius 3 is 2.85 bits per heavy atom. The topological polar surface area (TPSA) is 76.5 Å². The fourth-order valence-corrected chi connectivity index (χ4v) is 1.36. The third-order valence-corrected chi connectivity index (χ3v) is 2.17. The number of hydrogen-bond donors (Lipinski definition) is 1. The average molecular weight is 201 g/mol. The van der Waals surface area contributed by atoms with Gasteiger partial charge in [-0.1, -0.05) is 0 Å². The van der Waals surface area contributed by atoms with Crippen LogP contribution >= 0.6 is 11.3 Å². The number of carboxylic acids is 1. The fraction of sp³-hybridized carbons (Fsp3) is 0.286. The third-order valence-electron chi connectivity index (χ3n) is 1.29. The number of ether oxygens (including phenoxy) is 1. The molecule has 0 saturated heterocycles. The van der Waals surface area contributed by atoms with E-state index in [-0.39, 0.29) is 11.4 Å². The van der Waals surface area contributed by atoms with Crippen LogP contribution in [0.25, 0.3) is 0 Å². The Morgan fingerprint density at radius 2 is 2.38 bits per heavy atom. The van der Waals surface area contributed by atoms with Crippen molar-refractivity contribution in [1.29, 1.82) is 0 Å². The van der Waals surface area contributed by atoms with Crippen LogP contribution in [0, 0.1) is 0 Å². The van der Waals surface area contributed by atoms with Crippen LogP contribution in [0.1, 0.15) is 15.5 Å². The number of aromatic nitrogens is 1.